The molecular formula is C21H30F6N6O7S. The molecule has 41 heavy (non-hydrogen) atoms. The number of aliphatic carboxylic acids is 2. The minimum atomic E-state index is -5.08. The van der Waals surface area contributed by atoms with E-state index in [2.05, 4.69) is 11.0 Å². The molecule has 0 spiro atoms. The molecular weight excluding hydrogens is 594 g/mol. The highest BCUT2D eigenvalue weighted by molar-refractivity contribution is 7.99. The van der Waals surface area contributed by atoms with E-state index >= 15 is 0 Å². The monoisotopic (exact) mass is 624 g/mol. The maximum Gasteiger partial charge on any atom is 0.490 e. The molecule has 1 unspecified atom stereocenters. The number of alkyl halides is 6. The van der Waals surface area contributed by atoms with Gasteiger partial charge >= 0.3 is 24.3 Å². The second-order valence-electron chi connectivity index (χ2n) is 8.79. The van der Waals surface area contributed by atoms with Gasteiger partial charge in [0.25, 0.3) is 0 Å². The lowest BCUT2D eigenvalue weighted by Gasteiger charge is -2.37. The Balaban J connectivity index is 0.000000497. The summed E-state index contributed by atoms with van der Waals surface area (Å²) in [5.41, 5.74) is 0. The molecule has 0 aromatic rings. The molecule has 0 aromatic carbocycles. The summed E-state index contributed by atoms with van der Waals surface area (Å²) in [4.78, 5) is 48.3. The van der Waals surface area contributed by atoms with Crippen LogP contribution in [-0.2, 0) is 23.9 Å². The van der Waals surface area contributed by atoms with Crippen molar-refractivity contribution in [2.45, 2.75) is 37.3 Å². The Morgan fingerprint density at radius 1 is 0.951 bits per heavy atom. The Kier molecular flexibility index (Phi) is 14.6. The highest BCUT2D eigenvalue weighted by Gasteiger charge is 2.39. The molecule has 3 aliphatic heterocycles. The fourth-order valence-corrected chi connectivity index (χ4v) is 4.77. The standard InChI is InChI=1S/C17H28N6O3S.2C2HF3O2/c18-9-15-12-27-13-22(15)17(25)11-23(19)14-1-3-21(4-2-14)16(24)10-20-5-7-26-8-6-20;2*3-2(4,5)1(6)7/h14-15H,1-8,10-13,19H2;2*(H,6,7). The van der Waals surface area contributed by atoms with Crippen molar-refractivity contribution in [2.24, 2.45) is 5.84 Å². The van der Waals surface area contributed by atoms with Gasteiger partial charge in [0.2, 0.25) is 11.8 Å². The lowest BCUT2D eigenvalue weighted by molar-refractivity contribution is -0.193. The third kappa shape index (κ3) is 13.1. The van der Waals surface area contributed by atoms with E-state index in [-0.39, 0.29) is 30.4 Å². The molecule has 3 aliphatic rings. The molecule has 2 amide bonds. The minimum Gasteiger partial charge on any atom is -0.475 e. The Morgan fingerprint density at radius 3 is 1.88 bits per heavy atom. The Bertz CT molecular complexity index is 913. The zero-order valence-corrected chi connectivity index (χ0v) is 22.4. The Morgan fingerprint density at radius 2 is 1.44 bits per heavy atom. The van der Waals surface area contributed by atoms with E-state index in [4.69, 9.17) is 35.6 Å². The molecule has 3 fully saturated rings. The number of morpholine rings is 1. The minimum absolute atomic E-state index is 0.0807. The Hall–Kier alpha value is -2.86. The predicted molar refractivity (Wildman–Crippen MR) is 129 cm³/mol. The van der Waals surface area contributed by atoms with Crippen molar-refractivity contribution >= 4 is 35.5 Å². The highest BCUT2D eigenvalue weighted by atomic mass is 32.2. The second kappa shape index (κ2) is 16.5. The summed E-state index contributed by atoms with van der Waals surface area (Å²) >= 11 is 1.59. The number of nitrogens with two attached hydrogens (primary N) is 1. The predicted octanol–water partition coefficient (Wildman–Crippen LogP) is 0.177. The number of carboxylic acids is 2. The number of carboxylic acid groups (broad SMARTS) is 2. The lowest BCUT2D eigenvalue weighted by atomic mass is 10.0. The number of piperidine rings is 1. The molecule has 234 valence electrons. The van der Waals surface area contributed by atoms with Crippen molar-refractivity contribution < 1.29 is 60.5 Å². The van der Waals surface area contributed by atoms with E-state index in [1.807, 2.05) is 4.90 Å². The smallest absolute Gasteiger partial charge is 0.475 e. The first-order valence-corrected chi connectivity index (χ1v) is 13.1. The number of hydrogen-bond donors (Lipinski definition) is 3. The lowest BCUT2D eigenvalue weighted by Crippen LogP contribution is -2.54. The van der Waals surface area contributed by atoms with Crippen molar-refractivity contribution in [3.8, 4) is 6.07 Å². The molecule has 3 heterocycles. The highest BCUT2D eigenvalue weighted by Crippen LogP contribution is 2.21. The summed E-state index contributed by atoms with van der Waals surface area (Å²) in [5.74, 6) is 1.91. The summed E-state index contributed by atoms with van der Waals surface area (Å²) in [5, 5.41) is 25.0. The number of ether oxygens (including phenoxy) is 1. The Labute approximate surface area is 234 Å². The number of hydrazine groups is 1. The zero-order valence-electron chi connectivity index (χ0n) is 21.6. The van der Waals surface area contributed by atoms with Crippen molar-refractivity contribution in [3.05, 3.63) is 0 Å². The van der Waals surface area contributed by atoms with E-state index in [0.717, 1.165) is 25.9 Å². The van der Waals surface area contributed by atoms with E-state index in [9.17, 15) is 35.9 Å². The van der Waals surface area contributed by atoms with E-state index in [1.54, 1.807) is 21.7 Å². The van der Waals surface area contributed by atoms with Gasteiger partial charge in [-0.25, -0.2) is 14.6 Å². The van der Waals surface area contributed by atoms with E-state index in [1.165, 1.54) is 0 Å². The molecule has 0 saturated carbocycles. The van der Waals surface area contributed by atoms with Gasteiger partial charge in [-0.05, 0) is 12.8 Å². The van der Waals surface area contributed by atoms with Gasteiger partial charge in [0, 0.05) is 38.0 Å². The van der Waals surface area contributed by atoms with Gasteiger partial charge in [-0.3, -0.25) is 20.3 Å². The second-order valence-corrected chi connectivity index (χ2v) is 9.79. The van der Waals surface area contributed by atoms with Crippen LogP contribution in [0.5, 0.6) is 0 Å². The molecule has 13 nitrogen and oxygen atoms in total. The van der Waals surface area contributed by atoms with Crippen LogP contribution in [0.1, 0.15) is 12.8 Å². The number of amides is 2. The van der Waals surface area contributed by atoms with Crippen LogP contribution in [0, 0.1) is 11.3 Å². The molecule has 20 heteroatoms. The molecule has 0 bridgehead atoms. The normalized spacial score (nSPS) is 20.3. The van der Waals surface area contributed by atoms with Crippen LogP contribution in [0.3, 0.4) is 0 Å². The summed E-state index contributed by atoms with van der Waals surface area (Å²) < 4.78 is 68.8. The topological polar surface area (TPSA) is 181 Å². The fraction of sp³-hybridized carbons (Fsp3) is 0.762. The zero-order chi connectivity index (χ0) is 31.4. The van der Waals surface area contributed by atoms with E-state index < -0.39 is 24.3 Å². The number of nitrogens with zero attached hydrogens (tertiary/aromatic N) is 5. The van der Waals surface area contributed by atoms with Crippen molar-refractivity contribution in [2.75, 3.05) is 64.1 Å². The van der Waals surface area contributed by atoms with Crippen LogP contribution in [-0.4, -0.2) is 142 Å². The van der Waals surface area contributed by atoms with Crippen LogP contribution in [0.2, 0.25) is 0 Å². The van der Waals surface area contributed by atoms with Crippen LogP contribution in [0.25, 0.3) is 0 Å². The fourth-order valence-electron chi connectivity index (χ4n) is 3.67. The quantitative estimate of drug-likeness (QED) is 0.215. The number of halogens is 6. The first kappa shape index (κ1) is 36.2. The van der Waals surface area contributed by atoms with Gasteiger partial charge in [-0.2, -0.15) is 31.6 Å². The van der Waals surface area contributed by atoms with Gasteiger partial charge in [-0.1, -0.05) is 0 Å². The van der Waals surface area contributed by atoms with Crippen LogP contribution in [0.4, 0.5) is 26.3 Å². The van der Waals surface area contributed by atoms with Crippen molar-refractivity contribution in [1.29, 1.82) is 5.26 Å². The molecule has 0 radical (unpaired) electrons. The summed E-state index contributed by atoms with van der Waals surface area (Å²) in [7, 11) is 0. The van der Waals surface area contributed by atoms with Crippen LogP contribution >= 0.6 is 11.8 Å². The van der Waals surface area contributed by atoms with Gasteiger partial charge in [0.05, 0.1) is 38.2 Å². The average Bonchev–Trinajstić information content (AvgIpc) is 3.38. The van der Waals surface area contributed by atoms with Gasteiger partial charge in [0.15, 0.2) is 0 Å². The third-order valence-electron chi connectivity index (χ3n) is 5.90. The van der Waals surface area contributed by atoms with Crippen molar-refractivity contribution in [3.63, 3.8) is 0 Å². The molecule has 3 saturated heterocycles. The average molecular weight is 625 g/mol. The number of thioether (sulfide) groups is 1. The van der Waals surface area contributed by atoms with Crippen molar-refractivity contribution in [1.82, 2.24) is 19.7 Å². The van der Waals surface area contributed by atoms with Gasteiger partial charge in [-0.15, -0.1) is 11.8 Å². The van der Waals surface area contributed by atoms with Gasteiger partial charge in [0.1, 0.15) is 6.04 Å². The molecule has 0 aliphatic carbocycles. The molecule has 1 atom stereocenters. The number of carbonyl (C=O) groups is 4. The summed E-state index contributed by atoms with van der Waals surface area (Å²) in [6.07, 6.45) is -8.65. The maximum absolute atomic E-state index is 12.5. The number of rotatable bonds is 5. The summed E-state index contributed by atoms with van der Waals surface area (Å²) in [6.45, 7) is 4.87. The van der Waals surface area contributed by atoms with Gasteiger partial charge < -0.3 is 24.7 Å². The first-order valence-electron chi connectivity index (χ1n) is 11.9. The third-order valence-corrected chi connectivity index (χ3v) is 6.92. The van der Waals surface area contributed by atoms with E-state index in [0.29, 0.717) is 44.5 Å². The van der Waals surface area contributed by atoms with Crippen LogP contribution < -0.4 is 5.84 Å². The largest absolute Gasteiger partial charge is 0.490 e. The molecule has 4 N–H and O–H groups in total. The summed E-state index contributed by atoms with van der Waals surface area (Å²) in [6, 6.07) is 1.90. The van der Waals surface area contributed by atoms with Crippen LogP contribution in [0.15, 0.2) is 0 Å². The SMILES string of the molecule is N#CC1CSCN1C(=O)CN(N)C1CCN(C(=O)CN2CCOCC2)CC1.O=C(O)C(F)(F)F.O=C(O)C(F)(F)F. The number of carbonyl (C=O) groups excluding carboxylic acids is 2. The maximum atomic E-state index is 12.5. The molecule has 0 aromatic heterocycles. The molecule has 3 rings (SSSR count). The first-order chi connectivity index (χ1) is 19.0. The number of nitriles is 1. The number of hydrogen-bond acceptors (Lipinski definition) is 10. The number of likely N-dealkylation sites (tertiary alicyclic amines) is 1.